The van der Waals surface area contributed by atoms with Crippen LogP contribution in [0.3, 0.4) is 0 Å². The molecule has 5 heteroatoms. The van der Waals surface area contributed by atoms with Crippen molar-refractivity contribution in [2.24, 2.45) is 7.05 Å². The summed E-state index contributed by atoms with van der Waals surface area (Å²) in [6, 6.07) is 10.8. The largest absolute Gasteiger partial charge is 0.505 e. The number of H-pyrrole nitrogens is 1. The number of aromatic amines is 1. The van der Waals surface area contributed by atoms with Crippen molar-refractivity contribution >= 4 is 10.9 Å². The molecule has 0 aliphatic carbocycles. The summed E-state index contributed by atoms with van der Waals surface area (Å²) in [6.07, 6.45) is 3.20. The van der Waals surface area contributed by atoms with Gasteiger partial charge in [-0.3, -0.25) is 4.79 Å². The van der Waals surface area contributed by atoms with E-state index < -0.39 is 0 Å². The Bertz CT molecular complexity index is 1300. The van der Waals surface area contributed by atoms with E-state index in [1.54, 1.807) is 7.05 Å². The molecule has 154 valence electrons. The molecule has 30 heavy (non-hydrogen) atoms. The van der Waals surface area contributed by atoms with Gasteiger partial charge >= 0.3 is 0 Å². The van der Waals surface area contributed by atoms with Gasteiger partial charge in [0.2, 0.25) is 0 Å². The zero-order valence-electron chi connectivity index (χ0n) is 18.1. The lowest BCUT2D eigenvalue weighted by molar-refractivity contribution is 0.467. The quantitative estimate of drug-likeness (QED) is 0.503. The molecular formula is C25H27N3O2. The highest BCUT2D eigenvalue weighted by Gasteiger charge is 2.18. The lowest BCUT2D eigenvalue weighted by atomic mass is 9.88. The maximum Gasteiger partial charge on any atom is 0.279 e. The van der Waals surface area contributed by atoms with Crippen LogP contribution in [0.15, 0.2) is 41.3 Å². The zero-order valence-corrected chi connectivity index (χ0v) is 18.1. The van der Waals surface area contributed by atoms with E-state index in [0.717, 1.165) is 34.9 Å². The highest BCUT2D eigenvalue weighted by Crippen LogP contribution is 2.38. The molecule has 0 unspecified atom stereocenters. The minimum absolute atomic E-state index is 0.123. The molecule has 0 saturated heterocycles. The molecule has 0 saturated carbocycles. The monoisotopic (exact) mass is 401 g/mol. The Morgan fingerprint density at radius 1 is 0.967 bits per heavy atom. The number of hydrogen-bond acceptors (Lipinski definition) is 3. The van der Waals surface area contributed by atoms with Gasteiger partial charge in [0.05, 0.1) is 11.9 Å². The summed E-state index contributed by atoms with van der Waals surface area (Å²) in [7, 11) is 1.58. The molecule has 0 bridgehead atoms. The molecule has 0 radical (unpaired) electrons. The fourth-order valence-electron chi connectivity index (χ4n) is 4.35. The zero-order chi connectivity index (χ0) is 21.6. The van der Waals surface area contributed by atoms with Crippen molar-refractivity contribution in [2.75, 3.05) is 0 Å². The molecular weight excluding hydrogens is 374 g/mol. The second-order valence-electron chi connectivity index (χ2n) is 7.96. The van der Waals surface area contributed by atoms with Crippen molar-refractivity contribution < 1.29 is 5.11 Å². The lowest BCUT2D eigenvalue weighted by Gasteiger charge is -2.16. The van der Waals surface area contributed by atoms with Crippen LogP contribution < -0.4 is 5.56 Å². The molecule has 4 aromatic rings. The summed E-state index contributed by atoms with van der Waals surface area (Å²) < 4.78 is 1.23. The molecule has 0 amide bonds. The second-order valence-corrected chi connectivity index (χ2v) is 7.96. The van der Waals surface area contributed by atoms with Crippen LogP contribution in [-0.2, 0) is 19.9 Å². The summed E-state index contributed by atoms with van der Waals surface area (Å²) in [6.45, 7) is 8.60. The Hall–Kier alpha value is -3.34. The molecule has 2 heterocycles. The summed E-state index contributed by atoms with van der Waals surface area (Å²) in [5.74, 6) is -0.123. The van der Waals surface area contributed by atoms with Crippen LogP contribution >= 0.6 is 0 Å². The lowest BCUT2D eigenvalue weighted by Crippen LogP contribution is -2.20. The van der Waals surface area contributed by atoms with E-state index in [9.17, 15) is 9.90 Å². The Morgan fingerprint density at radius 2 is 1.60 bits per heavy atom. The SMILES string of the molecule is CCc1cc(C)cc(CC)c1-c1cc(C)cc2[nH]c(-c3c(O)cnn(C)c3=O)cc12. The van der Waals surface area contributed by atoms with Crippen molar-refractivity contribution in [2.45, 2.75) is 40.5 Å². The molecule has 0 spiro atoms. The smallest absolute Gasteiger partial charge is 0.279 e. The van der Waals surface area contributed by atoms with Crippen LogP contribution in [0.4, 0.5) is 0 Å². The standard InChI is InChI=1S/C25H27N3O2/c1-6-16-8-14(3)9-17(7-2)23(16)19-10-15(4)11-20-18(19)12-21(27-20)24-22(29)13-26-28(5)25(24)30/h8-13,27,29H,6-7H2,1-5H3. The third kappa shape index (κ3) is 3.20. The number of nitrogens with zero attached hydrogens (tertiary/aromatic N) is 2. The van der Waals surface area contributed by atoms with E-state index in [0.29, 0.717) is 5.69 Å². The van der Waals surface area contributed by atoms with Crippen molar-refractivity contribution in [3.05, 3.63) is 69.1 Å². The number of hydrogen-bond donors (Lipinski definition) is 2. The maximum atomic E-state index is 12.6. The fraction of sp³-hybridized carbons (Fsp3) is 0.280. The van der Waals surface area contributed by atoms with Gasteiger partial charge in [0.15, 0.2) is 5.75 Å². The molecule has 0 fully saturated rings. The number of benzene rings is 2. The van der Waals surface area contributed by atoms with E-state index in [1.165, 1.54) is 33.1 Å². The van der Waals surface area contributed by atoms with Gasteiger partial charge in [0.1, 0.15) is 5.56 Å². The first-order chi connectivity index (χ1) is 14.3. The highest BCUT2D eigenvalue weighted by atomic mass is 16.3. The van der Waals surface area contributed by atoms with E-state index in [4.69, 9.17) is 0 Å². The Morgan fingerprint density at radius 3 is 2.23 bits per heavy atom. The van der Waals surface area contributed by atoms with Crippen LogP contribution in [0.5, 0.6) is 5.75 Å². The molecule has 2 aromatic carbocycles. The molecule has 4 rings (SSSR count). The number of nitrogens with one attached hydrogen (secondary N) is 1. The van der Waals surface area contributed by atoms with E-state index in [1.807, 2.05) is 6.07 Å². The Balaban J connectivity index is 2.06. The van der Waals surface area contributed by atoms with Gasteiger partial charge in [-0.25, -0.2) is 4.68 Å². The predicted octanol–water partition coefficient (Wildman–Crippen LogP) is 5.04. The van der Waals surface area contributed by atoms with E-state index in [-0.39, 0.29) is 16.9 Å². The summed E-state index contributed by atoms with van der Waals surface area (Å²) >= 11 is 0. The topological polar surface area (TPSA) is 70.9 Å². The highest BCUT2D eigenvalue weighted by molar-refractivity contribution is 6.00. The van der Waals surface area contributed by atoms with Crippen LogP contribution in [0.2, 0.25) is 0 Å². The van der Waals surface area contributed by atoms with Gasteiger partial charge in [-0.1, -0.05) is 37.6 Å². The molecule has 5 nitrogen and oxygen atoms in total. The summed E-state index contributed by atoms with van der Waals surface area (Å²) in [5.41, 5.74) is 8.94. The van der Waals surface area contributed by atoms with Gasteiger partial charge in [-0.2, -0.15) is 5.10 Å². The van der Waals surface area contributed by atoms with Crippen molar-refractivity contribution in [3.63, 3.8) is 0 Å². The molecule has 2 aromatic heterocycles. The number of aryl methyl sites for hydroxylation is 5. The molecule has 0 aliphatic heterocycles. The van der Waals surface area contributed by atoms with Gasteiger partial charge < -0.3 is 10.1 Å². The minimum Gasteiger partial charge on any atom is -0.505 e. The third-order valence-electron chi connectivity index (χ3n) is 5.75. The van der Waals surface area contributed by atoms with Crippen LogP contribution in [0.25, 0.3) is 33.3 Å². The first-order valence-corrected chi connectivity index (χ1v) is 10.4. The van der Waals surface area contributed by atoms with Gasteiger partial charge in [-0.05, 0) is 66.6 Å². The Labute approximate surface area is 176 Å². The van der Waals surface area contributed by atoms with Gasteiger partial charge in [0, 0.05) is 18.0 Å². The van der Waals surface area contributed by atoms with Crippen LogP contribution in [0.1, 0.15) is 36.1 Å². The molecule has 2 N–H and O–H groups in total. The number of aromatic hydroxyl groups is 1. The van der Waals surface area contributed by atoms with Crippen molar-refractivity contribution in [1.29, 1.82) is 0 Å². The first kappa shape index (κ1) is 20.0. The van der Waals surface area contributed by atoms with Crippen LogP contribution in [0, 0.1) is 13.8 Å². The van der Waals surface area contributed by atoms with E-state index in [2.05, 4.69) is 62.0 Å². The Kier molecular flexibility index (Phi) is 4.98. The number of aromatic nitrogens is 3. The van der Waals surface area contributed by atoms with E-state index >= 15 is 0 Å². The fourth-order valence-corrected chi connectivity index (χ4v) is 4.35. The summed E-state index contributed by atoms with van der Waals surface area (Å²) in [5, 5.41) is 15.3. The number of fused-ring (bicyclic) bond motifs is 1. The molecule has 0 aliphatic rings. The van der Waals surface area contributed by atoms with Crippen LogP contribution in [-0.4, -0.2) is 19.9 Å². The van der Waals surface area contributed by atoms with Crippen molar-refractivity contribution in [3.8, 4) is 28.1 Å². The van der Waals surface area contributed by atoms with Gasteiger partial charge in [-0.15, -0.1) is 0 Å². The normalized spacial score (nSPS) is 11.4. The summed E-state index contributed by atoms with van der Waals surface area (Å²) in [4.78, 5) is 16.0. The third-order valence-corrected chi connectivity index (χ3v) is 5.75. The molecule has 0 atom stereocenters. The average Bonchev–Trinajstić information content (AvgIpc) is 3.13. The first-order valence-electron chi connectivity index (χ1n) is 10.4. The minimum atomic E-state index is -0.335. The average molecular weight is 402 g/mol. The second kappa shape index (κ2) is 7.48. The maximum absolute atomic E-state index is 12.6. The predicted molar refractivity (Wildman–Crippen MR) is 122 cm³/mol. The number of rotatable bonds is 4. The van der Waals surface area contributed by atoms with Gasteiger partial charge in [0.25, 0.3) is 5.56 Å². The van der Waals surface area contributed by atoms with Crippen molar-refractivity contribution in [1.82, 2.24) is 14.8 Å².